The summed E-state index contributed by atoms with van der Waals surface area (Å²) in [6.07, 6.45) is 0.234. The Morgan fingerprint density at radius 3 is 2.46 bits per heavy atom. The van der Waals surface area contributed by atoms with E-state index in [0.717, 1.165) is 9.80 Å². The third-order valence-corrected chi connectivity index (χ3v) is 4.30. The summed E-state index contributed by atoms with van der Waals surface area (Å²) in [5.74, 6) is -1.11. The summed E-state index contributed by atoms with van der Waals surface area (Å²) >= 11 is 0. The Morgan fingerprint density at radius 2 is 1.93 bits per heavy atom. The number of carbonyl (C=O) groups is 3. The average molecular weight is 384 g/mol. The molecule has 0 aliphatic carbocycles. The third kappa shape index (κ3) is 3.78. The minimum absolute atomic E-state index is 0.000543. The lowest BCUT2D eigenvalue weighted by Crippen LogP contribution is -2.55. The van der Waals surface area contributed by atoms with Crippen molar-refractivity contribution in [2.24, 2.45) is 5.41 Å². The largest absolute Gasteiger partial charge is 0.465 e. The maximum absolute atomic E-state index is 12.4. The molecule has 1 aliphatic rings. The second-order valence-corrected chi connectivity index (χ2v) is 7.88. The number of hydrogen-bond acceptors (Lipinski definition) is 6. The number of hydrogen-bond donors (Lipinski definition) is 1. The number of amides is 3. The lowest BCUT2D eigenvalue weighted by molar-refractivity contribution is -0.151. The predicted molar refractivity (Wildman–Crippen MR) is 96.9 cm³/mol. The number of piperazine rings is 1. The van der Waals surface area contributed by atoms with E-state index >= 15 is 0 Å². The minimum atomic E-state index is -1.30. The second-order valence-electron chi connectivity index (χ2n) is 7.88. The van der Waals surface area contributed by atoms with Crippen LogP contribution in [0.1, 0.15) is 32.3 Å². The SMILES string of the molecule is CC(C)(C)Cn1c(CN2C(=O)CN(C(=O)O)CC2=O)cc2cnc(C#N)nc21. The van der Waals surface area contributed by atoms with Gasteiger partial charge in [0.1, 0.15) is 24.8 Å². The maximum atomic E-state index is 12.4. The molecule has 1 aliphatic heterocycles. The highest BCUT2D eigenvalue weighted by molar-refractivity contribution is 6.01. The van der Waals surface area contributed by atoms with Crippen LogP contribution in [0.5, 0.6) is 0 Å². The Kier molecular flexibility index (Phi) is 4.77. The molecular weight excluding hydrogens is 364 g/mol. The van der Waals surface area contributed by atoms with Crippen molar-refractivity contribution in [3.05, 3.63) is 23.8 Å². The summed E-state index contributed by atoms with van der Waals surface area (Å²) in [5.41, 5.74) is 1.09. The lowest BCUT2D eigenvalue weighted by atomic mass is 9.97. The Balaban J connectivity index is 1.99. The van der Waals surface area contributed by atoms with Crippen LogP contribution < -0.4 is 0 Å². The molecule has 1 fully saturated rings. The van der Waals surface area contributed by atoms with Crippen LogP contribution in [0.3, 0.4) is 0 Å². The van der Waals surface area contributed by atoms with Gasteiger partial charge in [-0.1, -0.05) is 20.8 Å². The Bertz CT molecular complexity index is 995. The molecule has 0 unspecified atom stereocenters. The number of imide groups is 1. The number of carbonyl (C=O) groups excluding carboxylic acids is 2. The van der Waals surface area contributed by atoms with Crippen molar-refractivity contribution >= 4 is 28.9 Å². The van der Waals surface area contributed by atoms with Crippen LogP contribution in [0.2, 0.25) is 0 Å². The summed E-state index contributed by atoms with van der Waals surface area (Å²) in [6.45, 7) is 5.94. The summed E-state index contributed by atoms with van der Waals surface area (Å²) in [4.78, 5) is 45.9. The number of carboxylic acid groups (broad SMARTS) is 1. The van der Waals surface area contributed by atoms with Gasteiger partial charge >= 0.3 is 6.09 Å². The van der Waals surface area contributed by atoms with Crippen molar-refractivity contribution in [2.45, 2.75) is 33.9 Å². The Hall–Kier alpha value is -3.48. The first-order valence-electron chi connectivity index (χ1n) is 8.65. The summed E-state index contributed by atoms with van der Waals surface area (Å²) < 4.78 is 1.88. The van der Waals surface area contributed by atoms with Crippen molar-refractivity contribution < 1.29 is 19.5 Å². The second kappa shape index (κ2) is 6.92. The molecule has 0 saturated carbocycles. The molecule has 3 heterocycles. The predicted octanol–water partition coefficient (Wildman–Crippen LogP) is 1.20. The first kappa shape index (κ1) is 19.3. The molecule has 0 radical (unpaired) electrons. The van der Waals surface area contributed by atoms with E-state index in [1.165, 1.54) is 6.20 Å². The first-order valence-corrected chi connectivity index (χ1v) is 8.65. The zero-order valence-corrected chi connectivity index (χ0v) is 15.8. The molecule has 28 heavy (non-hydrogen) atoms. The Morgan fingerprint density at radius 1 is 1.29 bits per heavy atom. The molecule has 146 valence electrons. The zero-order chi connectivity index (χ0) is 20.6. The smallest absolute Gasteiger partial charge is 0.408 e. The van der Waals surface area contributed by atoms with Gasteiger partial charge in [-0.15, -0.1) is 0 Å². The van der Waals surface area contributed by atoms with Gasteiger partial charge in [0.05, 0.1) is 6.54 Å². The summed E-state index contributed by atoms with van der Waals surface area (Å²) in [5, 5.41) is 18.8. The molecule has 0 spiro atoms. The topological polar surface area (TPSA) is 132 Å². The van der Waals surface area contributed by atoms with Gasteiger partial charge in [-0.3, -0.25) is 19.4 Å². The van der Waals surface area contributed by atoms with Gasteiger partial charge in [-0.2, -0.15) is 5.26 Å². The number of aromatic nitrogens is 3. The Labute approximate surface area is 161 Å². The fourth-order valence-corrected chi connectivity index (χ4v) is 3.10. The van der Waals surface area contributed by atoms with Gasteiger partial charge in [-0.25, -0.2) is 14.8 Å². The van der Waals surface area contributed by atoms with Crippen molar-refractivity contribution in [1.82, 2.24) is 24.3 Å². The molecule has 3 rings (SSSR count). The van der Waals surface area contributed by atoms with Crippen LogP contribution in [-0.2, 0) is 22.7 Å². The van der Waals surface area contributed by atoms with E-state index in [1.54, 1.807) is 6.07 Å². The normalized spacial score (nSPS) is 15.2. The number of rotatable bonds is 3. The van der Waals surface area contributed by atoms with E-state index in [2.05, 4.69) is 9.97 Å². The highest BCUT2D eigenvalue weighted by Crippen LogP contribution is 2.25. The molecule has 3 amide bonds. The van der Waals surface area contributed by atoms with Gasteiger partial charge < -0.3 is 9.67 Å². The lowest BCUT2D eigenvalue weighted by Gasteiger charge is -2.31. The quantitative estimate of drug-likeness (QED) is 0.786. The fourth-order valence-electron chi connectivity index (χ4n) is 3.10. The van der Waals surface area contributed by atoms with Gasteiger partial charge in [0, 0.05) is 23.8 Å². The maximum Gasteiger partial charge on any atom is 0.408 e. The summed E-state index contributed by atoms with van der Waals surface area (Å²) in [7, 11) is 0. The molecule has 0 aromatic carbocycles. The van der Waals surface area contributed by atoms with E-state index in [-0.39, 0.29) is 30.9 Å². The molecule has 1 saturated heterocycles. The van der Waals surface area contributed by atoms with E-state index in [4.69, 9.17) is 10.4 Å². The third-order valence-electron chi connectivity index (χ3n) is 4.30. The molecular formula is C18H20N6O4. The number of nitriles is 1. The molecule has 10 heteroatoms. The minimum Gasteiger partial charge on any atom is -0.465 e. The number of fused-ring (bicyclic) bond motifs is 1. The van der Waals surface area contributed by atoms with E-state index in [9.17, 15) is 14.4 Å². The van der Waals surface area contributed by atoms with Crippen molar-refractivity contribution in [3.63, 3.8) is 0 Å². The van der Waals surface area contributed by atoms with Gasteiger partial charge in [0.15, 0.2) is 0 Å². The average Bonchev–Trinajstić information content (AvgIpc) is 2.92. The molecule has 0 bridgehead atoms. The number of nitrogens with zero attached hydrogens (tertiary/aromatic N) is 6. The van der Waals surface area contributed by atoms with Crippen LogP contribution >= 0.6 is 0 Å². The molecule has 2 aromatic rings. The highest BCUT2D eigenvalue weighted by Gasteiger charge is 2.34. The molecule has 2 aromatic heterocycles. The fraction of sp³-hybridized carbons (Fsp3) is 0.444. The molecule has 10 nitrogen and oxygen atoms in total. The summed E-state index contributed by atoms with van der Waals surface area (Å²) in [6, 6.07) is 3.70. The van der Waals surface area contributed by atoms with E-state index in [0.29, 0.717) is 23.3 Å². The van der Waals surface area contributed by atoms with Gasteiger partial charge in [-0.05, 0) is 11.5 Å². The van der Waals surface area contributed by atoms with Crippen molar-refractivity contribution in [1.29, 1.82) is 5.26 Å². The first-order chi connectivity index (χ1) is 13.1. The van der Waals surface area contributed by atoms with Crippen LogP contribution in [0, 0.1) is 16.7 Å². The van der Waals surface area contributed by atoms with E-state index in [1.807, 2.05) is 31.4 Å². The van der Waals surface area contributed by atoms with Crippen LogP contribution in [-0.4, -0.2) is 60.4 Å². The van der Waals surface area contributed by atoms with Gasteiger partial charge in [0.25, 0.3) is 0 Å². The molecule has 1 N–H and O–H groups in total. The standard InChI is InChI=1S/C18H20N6O4/c1-18(2,3)10-24-12(4-11-6-20-13(5-19)21-16(11)24)7-23-14(25)8-22(17(27)28)9-15(23)26/h4,6H,7-10H2,1-3H3,(H,27,28). The zero-order valence-electron chi connectivity index (χ0n) is 15.8. The van der Waals surface area contributed by atoms with Crippen LogP contribution in [0.15, 0.2) is 12.3 Å². The van der Waals surface area contributed by atoms with Crippen molar-refractivity contribution in [2.75, 3.05) is 13.1 Å². The van der Waals surface area contributed by atoms with Gasteiger partial charge in [0.2, 0.25) is 17.6 Å². The molecule has 0 atom stereocenters. The van der Waals surface area contributed by atoms with Crippen LogP contribution in [0.25, 0.3) is 11.0 Å². The van der Waals surface area contributed by atoms with E-state index < -0.39 is 17.9 Å². The van der Waals surface area contributed by atoms with Crippen molar-refractivity contribution in [3.8, 4) is 6.07 Å². The monoisotopic (exact) mass is 384 g/mol. The van der Waals surface area contributed by atoms with Crippen LogP contribution in [0.4, 0.5) is 4.79 Å². The highest BCUT2D eigenvalue weighted by atomic mass is 16.4.